The lowest BCUT2D eigenvalue weighted by molar-refractivity contribution is -0.118. The van der Waals surface area contributed by atoms with Crippen LogP contribution in [0.5, 0.6) is 5.75 Å². The van der Waals surface area contributed by atoms with Gasteiger partial charge in [0.25, 0.3) is 5.91 Å². The van der Waals surface area contributed by atoms with Crippen molar-refractivity contribution in [1.82, 2.24) is 9.88 Å². The highest BCUT2D eigenvalue weighted by Crippen LogP contribution is 2.32. The van der Waals surface area contributed by atoms with Gasteiger partial charge in [-0.15, -0.1) is 0 Å². The van der Waals surface area contributed by atoms with Gasteiger partial charge in [0.05, 0.1) is 17.7 Å². The van der Waals surface area contributed by atoms with Crippen LogP contribution in [0.3, 0.4) is 0 Å². The van der Waals surface area contributed by atoms with Crippen LogP contribution in [0.1, 0.15) is 16.1 Å². The molecule has 1 saturated heterocycles. The van der Waals surface area contributed by atoms with Crippen molar-refractivity contribution in [2.24, 2.45) is 0 Å². The maximum absolute atomic E-state index is 14.3. The summed E-state index contributed by atoms with van der Waals surface area (Å²) in [5.74, 6) is -1.22. The van der Waals surface area contributed by atoms with Crippen LogP contribution < -0.4 is 15.0 Å². The van der Waals surface area contributed by atoms with Crippen LogP contribution in [0.15, 0.2) is 42.5 Å². The molecule has 0 radical (unpaired) electrons. The third-order valence-electron chi connectivity index (χ3n) is 5.92. The molecule has 0 unspecified atom stereocenters. The number of Topliss-reactive ketones (excluding diaryl/α,β-unsaturated/α-hetero) is 1. The maximum atomic E-state index is 14.3. The number of hydrogen-bond donors (Lipinski definition) is 1. The lowest BCUT2D eigenvalue weighted by atomic mass is 10.1. The maximum Gasteiger partial charge on any atom is 0.262 e. The average molecular weight is 434 g/mol. The summed E-state index contributed by atoms with van der Waals surface area (Å²) < 4.78 is 19.5. The van der Waals surface area contributed by atoms with Crippen molar-refractivity contribution in [3.05, 3.63) is 59.5 Å². The SMILES string of the molecule is Cc1ccc2c(N3CCN(CC(=O)c4cc(F)c5c(c4)NC(=O)CO5)CC3)cccc2n1. The molecule has 7 nitrogen and oxygen atoms in total. The number of piperazine rings is 1. The van der Waals surface area contributed by atoms with E-state index in [0.717, 1.165) is 35.4 Å². The second kappa shape index (κ2) is 8.20. The molecule has 1 amide bonds. The second-order valence-corrected chi connectivity index (χ2v) is 8.15. The van der Waals surface area contributed by atoms with Gasteiger partial charge in [-0.25, -0.2) is 4.39 Å². The number of rotatable bonds is 4. The fraction of sp³-hybridized carbons (Fsp3) is 0.292. The summed E-state index contributed by atoms with van der Waals surface area (Å²) in [5, 5.41) is 3.68. The fourth-order valence-electron chi connectivity index (χ4n) is 4.28. The molecule has 2 aromatic carbocycles. The van der Waals surface area contributed by atoms with Crippen LogP contribution in [0.4, 0.5) is 15.8 Å². The van der Waals surface area contributed by atoms with Crippen LogP contribution in [0, 0.1) is 12.7 Å². The topological polar surface area (TPSA) is 74.8 Å². The van der Waals surface area contributed by atoms with E-state index in [1.165, 1.54) is 12.1 Å². The minimum absolute atomic E-state index is 0.0189. The molecule has 1 aromatic heterocycles. The van der Waals surface area contributed by atoms with E-state index in [1.54, 1.807) is 0 Å². The Morgan fingerprint density at radius 1 is 1.16 bits per heavy atom. The first-order valence-electron chi connectivity index (χ1n) is 10.6. The monoisotopic (exact) mass is 434 g/mol. The summed E-state index contributed by atoms with van der Waals surface area (Å²) in [5.41, 5.74) is 3.54. The predicted molar refractivity (Wildman–Crippen MR) is 120 cm³/mol. The number of ketones is 1. The summed E-state index contributed by atoms with van der Waals surface area (Å²) in [7, 11) is 0. The summed E-state index contributed by atoms with van der Waals surface area (Å²) in [6.07, 6.45) is 0. The molecule has 1 fully saturated rings. The standard InChI is InChI=1S/C24H23FN4O3/c1-15-5-6-17-19(26-15)3-2-4-21(17)29-9-7-28(8-10-29)13-22(30)16-11-18(25)24-20(12-16)27-23(31)14-32-24/h2-6,11-12H,7-10,13-14H2,1H3,(H,27,31). The molecular formula is C24H23FN4O3. The number of nitrogens with one attached hydrogen (secondary N) is 1. The lowest BCUT2D eigenvalue weighted by Gasteiger charge is -2.36. The molecule has 0 bridgehead atoms. The van der Waals surface area contributed by atoms with Gasteiger partial charge in [0.15, 0.2) is 24.0 Å². The third-order valence-corrected chi connectivity index (χ3v) is 5.92. The summed E-state index contributed by atoms with van der Waals surface area (Å²) in [6.45, 7) is 4.94. The average Bonchev–Trinajstić information content (AvgIpc) is 2.78. The molecular weight excluding hydrogens is 411 g/mol. The van der Waals surface area contributed by atoms with Crippen molar-refractivity contribution in [3.63, 3.8) is 0 Å². The second-order valence-electron chi connectivity index (χ2n) is 8.15. The summed E-state index contributed by atoms with van der Waals surface area (Å²) in [6, 6.07) is 12.9. The van der Waals surface area contributed by atoms with Crippen molar-refractivity contribution in [2.45, 2.75) is 6.92 Å². The molecule has 3 aromatic rings. The Labute approximate surface area is 184 Å². The largest absolute Gasteiger partial charge is 0.478 e. The van der Waals surface area contributed by atoms with E-state index >= 15 is 0 Å². The van der Waals surface area contributed by atoms with Crippen LogP contribution >= 0.6 is 0 Å². The smallest absolute Gasteiger partial charge is 0.262 e. The predicted octanol–water partition coefficient (Wildman–Crippen LogP) is 3.02. The Kier molecular flexibility index (Phi) is 5.22. The Bertz CT molecular complexity index is 1220. The zero-order chi connectivity index (χ0) is 22.2. The summed E-state index contributed by atoms with van der Waals surface area (Å²) in [4.78, 5) is 33.3. The number of anilines is 2. The normalized spacial score (nSPS) is 16.4. The highest BCUT2D eigenvalue weighted by Gasteiger charge is 2.25. The Morgan fingerprint density at radius 3 is 2.78 bits per heavy atom. The highest BCUT2D eigenvalue weighted by atomic mass is 19.1. The van der Waals surface area contributed by atoms with Crippen molar-refractivity contribution in [3.8, 4) is 5.75 Å². The van der Waals surface area contributed by atoms with Crippen LogP contribution in [0.2, 0.25) is 0 Å². The van der Waals surface area contributed by atoms with Gasteiger partial charge in [0, 0.05) is 48.5 Å². The zero-order valence-corrected chi connectivity index (χ0v) is 17.7. The molecule has 32 heavy (non-hydrogen) atoms. The fourth-order valence-corrected chi connectivity index (χ4v) is 4.28. The molecule has 1 N–H and O–H groups in total. The Hall–Kier alpha value is -3.52. The van der Waals surface area contributed by atoms with Gasteiger partial charge in [-0.05, 0) is 43.3 Å². The number of carbonyl (C=O) groups is 2. The van der Waals surface area contributed by atoms with Gasteiger partial charge in [0.1, 0.15) is 0 Å². The van der Waals surface area contributed by atoms with Crippen LogP contribution in [-0.2, 0) is 4.79 Å². The molecule has 0 saturated carbocycles. The lowest BCUT2D eigenvalue weighted by Crippen LogP contribution is -2.48. The number of fused-ring (bicyclic) bond motifs is 2. The highest BCUT2D eigenvalue weighted by molar-refractivity contribution is 6.01. The van der Waals surface area contributed by atoms with E-state index < -0.39 is 5.82 Å². The quantitative estimate of drug-likeness (QED) is 0.637. The number of aromatic nitrogens is 1. The molecule has 2 aliphatic rings. The van der Waals surface area contributed by atoms with Crippen molar-refractivity contribution in [2.75, 3.05) is 49.5 Å². The van der Waals surface area contributed by atoms with E-state index in [1.807, 2.05) is 25.1 Å². The Balaban J connectivity index is 1.26. The minimum Gasteiger partial charge on any atom is -0.478 e. The van der Waals surface area contributed by atoms with Crippen molar-refractivity contribution in [1.29, 1.82) is 0 Å². The van der Waals surface area contributed by atoms with Crippen LogP contribution in [-0.4, -0.2) is 60.9 Å². The van der Waals surface area contributed by atoms with E-state index in [2.05, 4.69) is 32.2 Å². The van der Waals surface area contributed by atoms with Gasteiger partial charge in [-0.3, -0.25) is 19.5 Å². The number of amides is 1. The van der Waals surface area contributed by atoms with Crippen LogP contribution in [0.25, 0.3) is 10.9 Å². The Morgan fingerprint density at radius 2 is 1.97 bits per heavy atom. The van der Waals surface area contributed by atoms with Gasteiger partial charge in [0.2, 0.25) is 0 Å². The number of nitrogens with zero attached hydrogens (tertiary/aromatic N) is 3. The van der Waals surface area contributed by atoms with Gasteiger partial charge >= 0.3 is 0 Å². The third kappa shape index (κ3) is 3.89. The molecule has 0 spiro atoms. The number of pyridine rings is 1. The molecule has 2 aliphatic heterocycles. The summed E-state index contributed by atoms with van der Waals surface area (Å²) >= 11 is 0. The molecule has 3 heterocycles. The van der Waals surface area contributed by atoms with E-state index in [4.69, 9.17) is 4.74 Å². The first kappa shape index (κ1) is 20.4. The van der Waals surface area contributed by atoms with Gasteiger partial charge in [-0.1, -0.05) is 6.07 Å². The van der Waals surface area contributed by atoms with E-state index in [0.29, 0.717) is 13.1 Å². The number of ether oxygens (including phenoxy) is 1. The van der Waals surface area contributed by atoms with Crippen molar-refractivity contribution >= 4 is 34.0 Å². The molecule has 0 atom stereocenters. The number of carbonyl (C=O) groups excluding carboxylic acids is 2. The van der Waals surface area contributed by atoms with Crippen molar-refractivity contribution < 1.29 is 18.7 Å². The molecule has 0 aliphatic carbocycles. The minimum atomic E-state index is -0.643. The first-order valence-corrected chi connectivity index (χ1v) is 10.6. The first-order chi connectivity index (χ1) is 15.5. The van der Waals surface area contributed by atoms with E-state index in [-0.39, 0.29) is 41.8 Å². The number of hydrogen-bond acceptors (Lipinski definition) is 6. The number of aryl methyl sites for hydroxylation is 1. The molecule has 164 valence electrons. The number of benzene rings is 2. The molecule has 8 heteroatoms. The molecule has 5 rings (SSSR count). The van der Waals surface area contributed by atoms with Gasteiger partial charge < -0.3 is 15.0 Å². The zero-order valence-electron chi connectivity index (χ0n) is 17.7. The van der Waals surface area contributed by atoms with Gasteiger partial charge in [-0.2, -0.15) is 0 Å². The number of halogens is 1. The van der Waals surface area contributed by atoms with E-state index in [9.17, 15) is 14.0 Å².